The molecule has 4 amide bonds. The van der Waals surface area contributed by atoms with Crippen LogP contribution in [0.1, 0.15) is 52.4 Å². The van der Waals surface area contributed by atoms with Gasteiger partial charge in [0.1, 0.15) is 0 Å². The zero-order chi connectivity index (χ0) is 18.5. The topological polar surface area (TPSA) is 121 Å². The quantitative estimate of drug-likeness (QED) is 0.550. The first-order valence-electron chi connectivity index (χ1n) is 7.98. The molecule has 0 aromatic rings. The molecule has 0 aromatic heterocycles. The molecule has 8 nitrogen and oxygen atoms in total. The molecule has 0 saturated carbocycles. The molecule has 0 atom stereocenters. The number of hydrogen-bond acceptors (Lipinski definition) is 5. The number of carboxylic acid groups (broad SMARTS) is 1. The van der Waals surface area contributed by atoms with Gasteiger partial charge < -0.3 is 5.11 Å². The van der Waals surface area contributed by atoms with Crippen molar-refractivity contribution >= 4 is 29.6 Å². The van der Waals surface area contributed by atoms with Crippen LogP contribution in [0.4, 0.5) is 0 Å². The van der Waals surface area contributed by atoms with Gasteiger partial charge >= 0.3 is 5.97 Å². The Labute approximate surface area is 140 Å². The number of carbonyl (C=O) groups excluding carboxylic acids is 4. The molecule has 0 aliphatic carbocycles. The van der Waals surface area contributed by atoms with E-state index in [1.54, 1.807) is 0 Å². The van der Waals surface area contributed by atoms with Crippen LogP contribution < -0.4 is 5.32 Å². The van der Waals surface area contributed by atoms with E-state index in [-0.39, 0.29) is 30.0 Å². The maximum absolute atomic E-state index is 11.1. The lowest BCUT2D eigenvalue weighted by Crippen LogP contribution is -2.30. The minimum atomic E-state index is -0.815. The molecule has 24 heavy (non-hydrogen) atoms. The van der Waals surface area contributed by atoms with Crippen molar-refractivity contribution in [3.63, 3.8) is 0 Å². The van der Waals surface area contributed by atoms with E-state index in [9.17, 15) is 24.0 Å². The number of carbonyl (C=O) groups is 5. The lowest BCUT2D eigenvalue weighted by molar-refractivity contribution is -0.138. The van der Waals surface area contributed by atoms with Crippen molar-refractivity contribution in [1.82, 2.24) is 10.2 Å². The highest BCUT2D eigenvalue weighted by Crippen LogP contribution is 2.07. The minimum absolute atomic E-state index is 0.139. The molecule has 0 spiro atoms. The van der Waals surface area contributed by atoms with Gasteiger partial charge in [-0.1, -0.05) is 20.3 Å². The number of unbranched alkanes of at least 4 members (excludes halogenated alkanes) is 2. The number of carboxylic acids is 1. The van der Waals surface area contributed by atoms with Crippen molar-refractivity contribution in [2.45, 2.75) is 52.4 Å². The summed E-state index contributed by atoms with van der Waals surface area (Å²) < 4.78 is 0. The molecular weight excluding hydrogens is 316 g/mol. The van der Waals surface area contributed by atoms with E-state index >= 15 is 0 Å². The maximum atomic E-state index is 11.1. The largest absolute Gasteiger partial charge is 0.481 e. The number of nitrogens with one attached hydrogen (secondary N) is 1. The third kappa shape index (κ3) is 8.82. The predicted molar refractivity (Wildman–Crippen MR) is 85.7 cm³/mol. The fourth-order valence-corrected chi connectivity index (χ4v) is 1.88. The molecule has 2 aliphatic heterocycles. The Morgan fingerprint density at radius 3 is 1.88 bits per heavy atom. The second-order valence-corrected chi connectivity index (χ2v) is 4.84. The van der Waals surface area contributed by atoms with Crippen LogP contribution in [0.5, 0.6) is 0 Å². The van der Waals surface area contributed by atoms with Crippen molar-refractivity contribution < 1.29 is 29.1 Å². The normalized spacial score (nSPS) is 15.5. The molecule has 2 rings (SSSR count). The molecule has 2 heterocycles. The molecule has 1 saturated heterocycles. The van der Waals surface area contributed by atoms with Crippen LogP contribution in [0.15, 0.2) is 12.2 Å². The first-order chi connectivity index (χ1) is 11.4. The zero-order valence-electron chi connectivity index (χ0n) is 14.0. The Kier molecular flexibility index (Phi) is 10.7. The minimum Gasteiger partial charge on any atom is -0.481 e. The van der Waals surface area contributed by atoms with Crippen LogP contribution in [0.25, 0.3) is 0 Å². The number of nitrogens with zero attached hydrogens (tertiary/aromatic N) is 1. The summed E-state index contributed by atoms with van der Waals surface area (Å²) in [5, 5.41) is 10.5. The summed E-state index contributed by atoms with van der Waals surface area (Å²) in [6.45, 7) is 4.38. The van der Waals surface area contributed by atoms with Gasteiger partial charge in [0, 0.05) is 38.0 Å². The van der Waals surface area contributed by atoms with Gasteiger partial charge in [-0.25, -0.2) is 0 Å². The summed E-state index contributed by atoms with van der Waals surface area (Å²) in [4.78, 5) is 53.8. The van der Waals surface area contributed by atoms with E-state index in [0.717, 1.165) is 0 Å². The summed E-state index contributed by atoms with van der Waals surface area (Å²) >= 11 is 0. The van der Waals surface area contributed by atoms with Crippen molar-refractivity contribution in [2.24, 2.45) is 0 Å². The SMILES string of the molecule is CC.O=C(O)CCCCCN1C(=O)C=CC1=O.O=C1CCC(=O)N1. The molecule has 134 valence electrons. The van der Waals surface area contributed by atoms with Gasteiger partial charge in [0.15, 0.2) is 0 Å². The highest BCUT2D eigenvalue weighted by molar-refractivity contribution is 6.12. The number of amides is 4. The molecule has 0 unspecified atom stereocenters. The molecule has 2 N–H and O–H groups in total. The first kappa shape index (κ1) is 21.5. The number of aliphatic carboxylic acids is 1. The zero-order valence-corrected chi connectivity index (χ0v) is 14.0. The van der Waals surface area contributed by atoms with Crippen LogP contribution in [0.3, 0.4) is 0 Å². The fourth-order valence-electron chi connectivity index (χ4n) is 1.88. The van der Waals surface area contributed by atoms with Crippen molar-refractivity contribution in [3.8, 4) is 0 Å². The van der Waals surface area contributed by atoms with Crippen molar-refractivity contribution in [3.05, 3.63) is 12.2 Å². The van der Waals surface area contributed by atoms with E-state index in [1.165, 1.54) is 17.1 Å². The fraction of sp³-hybridized carbons (Fsp3) is 0.562. The van der Waals surface area contributed by atoms with Gasteiger partial charge in [0.25, 0.3) is 11.8 Å². The van der Waals surface area contributed by atoms with E-state index < -0.39 is 5.97 Å². The van der Waals surface area contributed by atoms with Crippen LogP contribution >= 0.6 is 0 Å². The van der Waals surface area contributed by atoms with Gasteiger partial charge in [0.05, 0.1) is 0 Å². The molecule has 0 bridgehead atoms. The van der Waals surface area contributed by atoms with Gasteiger partial charge in [0.2, 0.25) is 11.8 Å². The summed E-state index contributed by atoms with van der Waals surface area (Å²) in [6.07, 6.45) is 5.34. The average molecular weight is 340 g/mol. The second-order valence-electron chi connectivity index (χ2n) is 4.84. The van der Waals surface area contributed by atoms with E-state index in [2.05, 4.69) is 5.32 Å². The summed E-state index contributed by atoms with van der Waals surface area (Å²) in [7, 11) is 0. The van der Waals surface area contributed by atoms with Gasteiger partial charge in [-0.05, 0) is 12.8 Å². The Balaban J connectivity index is 0.000000488. The first-order valence-corrected chi connectivity index (χ1v) is 7.98. The molecule has 0 radical (unpaired) electrons. The van der Waals surface area contributed by atoms with E-state index in [0.29, 0.717) is 38.6 Å². The van der Waals surface area contributed by atoms with Crippen LogP contribution in [0, 0.1) is 0 Å². The Bertz CT molecular complexity index is 481. The van der Waals surface area contributed by atoms with E-state index in [1.807, 2.05) is 13.8 Å². The maximum Gasteiger partial charge on any atom is 0.303 e. The van der Waals surface area contributed by atoms with Crippen molar-refractivity contribution in [1.29, 1.82) is 0 Å². The molecule has 1 fully saturated rings. The predicted octanol–water partition coefficient (Wildman–Crippen LogP) is 1.01. The Morgan fingerprint density at radius 2 is 1.50 bits per heavy atom. The van der Waals surface area contributed by atoms with E-state index in [4.69, 9.17) is 5.11 Å². The number of imide groups is 2. The number of rotatable bonds is 6. The van der Waals surface area contributed by atoms with Crippen LogP contribution in [-0.2, 0) is 24.0 Å². The van der Waals surface area contributed by atoms with Crippen LogP contribution in [0.2, 0.25) is 0 Å². The highest BCUT2D eigenvalue weighted by atomic mass is 16.4. The lowest BCUT2D eigenvalue weighted by atomic mass is 10.2. The molecule has 0 aromatic carbocycles. The van der Waals surface area contributed by atoms with Crippen LogP contribution in [-0.4, -0.2) is 46.1 Å². The number of hydrogen-bond donors (Lipinski definition) is 2. The van der Waals surface area contributed by atoms with Gasteiger partial charge in [-0.2, -0.15) is 0 Å². The molecule has 2 aliphatic rings. The molecular formula is C16H24N2O6. The average Bonchev–Trinajstić information content (AvgIpc) is 3.07. The summed E-state index contributed by atoms with van der Waals surface area (Å²) in [5.74, 6) is -1.67. The third-order valence-electron chi connectivity index (χ3n) is 3.03. The standard InChI is InChI=1S/C10H13NO4.C4H5NO2.C2H6/c12-8-5-6-9(13)11(8)7-3-1-2-4-10(14)15;6-3-1-2-4(7)5-3;1-2/h5-6H,1-4,7H2,(H,14,15);1-2H2,(H,5,6,7);1-2H3. The van der Waals surface area contributed by atoms with Gasteiger partial charge in [-0.15, -0.1) is 0 Å². The van der Waals surface area contributed by atoms with Gasteiger partial charge in [-0.3, -0.25) is 34.2 Å². The smallest absolute Gasteiger partial charge is 0.303 e. The summed E-state index contributed by atoms with van der Waals surface area (Å²) in [6, 6.07) is 0. The second kappa shape index (κ2) is 12.0. The summed E-state index contributed by atoms with van der Waals surface area (Å²) in [5.41, 5.74) is 0. The highest BCUT2D eigenvalue weighted by Gasteiger charge is 2.22. The monoisotopic (exact) mass is 340 g/mol. The van der Waals surface area contributed by atoms with Crippen molar-refractivity contribution in [2.75, 3.05) is 6.54 Å². The lowest BCUT2D eigenvalue weighted by Gasteiger charge is -2.12. The Hall–Kier alpha value is -2.51. The molecule has 8 heteroatoms. The third-order valence-corrected chi connectivity index (χ3v) is 3.03. The Morgan fingerprint density at radius 1 is 1.00 bits per heavy atom.